The van der Waals surface area contributed by atoms with Crippen molar-refractivity contribution in [2.45, 2.75) is 40.8 Å². The maximum absolute atomic E-state index is 5.47. The summed E-state index contributed by atoms with van der Waals surface area (Å²) in [5, 5.41) is 16.1. The Morgan fingerprint density at radius 3 is 2.41 bits per heavy atom. The lowest BCUT2D eigenvalue weighted by molar-refractivity contribution is 0.659. The molecule has 0 amide bonds. The maximum Gasteiger partial charge on any atom is 0.171 e. The molecule has 2 N–H and O–H groups in total. The molecule has 3 rings (SSSR count). The van der Waals surface area contributed by atoms with Gasteiger partial charge in [0.05, 0.1) is 41.6 Å². The maximum atomic E-state index is 5.47. The molecule has 27 heavy (non-hydrogen) atoms. The fourth-order valence-corrected chi connectivity index (χ4v) is 3.23. The second kappa shape index (κ2) is 7.92. The molecule has 7 heteroatoms. The highest BCUT2D eigenvalue weighted by Gasteiger charge is 2.13. The molecule has 2 heterocycles. The van der Waals surface area contributed by atoms with Crippen LogP contribution in [0.3, 0.4) is 0 Å². The van der Waals surface area contributed by atoms with E-state index in [-0.39, 0.29) is 0 Å². The molecule has 0 unspecified atom stereocenters. The Labute approximate surface area is 165 Å². The van der Waals surface area contributed by atoms with Crippen molar-refractivity contribution in [3.05, 3.63) is 64.2 Å². The molecule has 6 nitrogen and oxygen atoms in total. The molecular weight excluding hydrogens is 356 g/mol. The van der Waals surface area contributed by atoms with Crippen LogP contribution in [0.25, 0.3) is 0 Å². The summed E-state index contributed by atoms with van der Waals surface area (Å²) in [5.41, 5.74) is 7.52. The van der Waals surface area contributed by atoms with Gasteiger partial charge in [0, 0.05) is 7.05 Å². The zero-order chi connectivity index (χ0) is 19.6. The molecule has 142 valence electrons. The zero-order valence-electron chi connectivity index (χ0n) is 16.5. The van der Waals surface area contributed by atoms with Gasteiger partial charge in [-0.3, -0.25) is 9.36 Å². The SMILES string of the molecule is Cc1ccc(Cn2nc(C)c(NC(=S)NCc3cc(C)nn3C)c2C)cc1. The average Bonchev–Trinajstić information content (AvgIpc) is 3.07. The van der Waals surface area contributed by atoms with Gasteiger partial charge in [0.2, 0.25) is 0 Å². The summed E-state index contributed by atoms with van der Waals surface area (Å²) in [6, 6.07) is 10.6. The number of rotatable bonds is 5. The van der Waals surface area contributed by atoms with Crippen molar-refractivity contribution in [1.29, 1.82) is 0 Å². The van der Waals surface area contributed by atoms with Gasteiger partial charge in [-0.15, -0.1) is 0 Å². The molecule has 0 radical (unpaired) electrons. The predicted molar refractivity (Wildman–Crippen MR) is 113 cm³/mol. The molecule has 0 aliphatic rings. The van der Waals surface area contributed by atoms with Crippen LogP contribution in [0.15, 0.2) is 30.3 Å². The Morgan fingerprint density at radius 2 is 1.78 bits per heavy atom. The predicted octanol–water partition coefficient (Wildman–Crippen LogP) is 3.39. The minimum Gasteiger partial charge on any atom is -0.357 e. The second-order valence-corrected chi connectivity index (χ2v) is 7.31. The summed E-state index contributed by atoms with van der Waals surface area (Å²) in [6.07, 6.45) is 0. The van der Waals surface area contributed by atoms with Crippen LogP contribution in [-0.4, -0.2) is 24.7 Å². The molecule has 2 aromatic heterocycles. The molecule has 0 aliphatic heterocycles. The van der Waals surface area contributed by atoms with Gasteiger partial charge in [0.25, 0.3) is 0 Å². The highest BCUT2D eigenvalue weighted by Crippen LogP contribution is 2.20. The van der Waals surface area contributed by atoms with Gasteiger partial charge in [-0.1, -0.05) is 29.8 Å². The van der Waals surface area contributed by atoms with Crippen LogP contribution in [0.4, 0.5) is 5.69 Å². The first-order chi connectivity index (χ1) is 12.8. The van der Waals surface area contributed by atoms with Gasteiger partial charge < -0.3 is 10.6 Å². The van der Waals surface area contributed by atoms with Crippen molar-refractivity contribution < 1.29 is 0 Å². The van der Waals surface area contributed by atoms with E-state index in [1.165, 1.54) is 11.1 Å². The first kappa shape index (κ1) is 19.1. The van der Waals surface area contributed by atoms with Crippen LogP contribution >= 0.6 is 12.2 Å². The third-order valence-corrected chi connectivity index (χ3v) is 4.85. The van der Waals surface area contributed by atoms with Crippen molar-refractivity contribution in [3.8, 4) is 0 Å². The van der Waals surface area contributed by atoms with Gasteiger partial charge in [0.1, 0.15) is 0 Å². The first-order valence-corrected chi connectivity index (χ1v) is 9.38. The van der Waals surface area contributed by atoms with Crippen molar-refractivity contribution in [3.63, 3.8) is 0 Å². The van der Waals surface area contributed by atoms with Crippen molar-refractivity contribution in [1.82, 2.24) is 24.9 Å². The van der Waals surface area contributed by atoms with Crippen LogP contribution < -0.4 is 10.6 Å². The lowest BCUT2D eigenvalue weighted by Crippen LogP contribution is -2.29. The van der Waals surface area contributed by atoms with Crippen LogP contribution in [-0.2, 0) is 20.1 Å². The van der Waals surface area contributed by atoms with E-state index >= 15 is 0 Å². The Bertz CT molecular complexity index is 952. The van der Waals surface area contributed by atoms with Gasteiger partial charge in [-0.2, -0.15) is 10.2 Å². The molecule has 0 saturated heterocycles. The monoisotopic (exact) mass is 382 g/mol. The van der Waals surface area contributed by atoms with E-state index in [1.807, 2.05) is 36.3 Å². The number of nitrogens with one attached hydrogen (secondary N) is 2. The summed E-state index contributed by atoms with van der Waals surface area (Å²) in [5.74, 6) is 0. The minimum atomic E-state index is 0.579. The van der Waals surface area contributed by atoms with Gasteiger partial charge in [-0.05, 0) is 51.5 Å². The number of hydrogen-bond donors (Lipinski definition) is 2. The van der Waals surface area contributed by atoms with Crippen LogP contribution in [0.1, 0.15) is 33.9 Å². The fourth-order valence-electron chi connectivity index (χ4n) is 3.06. The minimum absolute atomic E-state index is 0.579. The third-order valence-electron chi connectivity index (χ3n) is 4.60. The second-order valence-electron chi connectivity index (χ2n) is 6.90. The molecule has 0 fully saturated rings. The average molecular weight is 383 g/mol. The number of hydrogen-bond acceptors (Lipinski definition) is 3. The Kier molecular flexibility index (Phi) is 5.60. The zero-order valence-corrected chi connectivity index (χ0v) is 17.3. The quantitative estimate of drug-likeness (QED) is 0.663. The van der Waals surface area contributed by atoms with Crippen LogP contribution in [0.5, 0.6) is 0 Å². The first-order valence-electron chi connectivity index (χ1n) is 8.97. The number of anilines is 1. The lowest BCUT2D eigenvalue weighted by atomic mass is 10.1. The van der Waals surface area contributed by atoms with E-state index in [4.69, 9.17) is 12.2 Å². The van der Waals surface area contributed by atoms with Gasteiger partial charge in [0.15, 0.2) is 5.11 Å². The van der Waals surface area contributed by atoms with Crippen molar-refractivity contribution >= 4 is 23.0 Å². The topological polar surface area (TPSA) is 59.7 Å². The highest BCUT2D eigenvalue weighted by atomic mass is 32.1. The summed E-state index contributed by atoms with van der Waals surface area (Å²) >= 11 is 5.47. The Balaban J connectivity index is 1.66. The van der Waals surface area contributed by atoms with E-state index in [0.29, 0.717) is 11.7 Å². The molecule has 1 aromatic carbocycles. The molecule has 0 aliphatic carbocycles. The molecule has 0 saturated carbocycles. The lowest BCUT2D eigenvalue weighted by Gasteiger charge is -2.11. The molecular formula is C20H26N6S. The Morgan fingerprint density at radius 1 is 1.07 bits per heavy atom. The van der Waals surface area contributed by atoms with E-state index in [1.54, 1.807) is 0 Å². The van der Waals surface area contributed by atoms with E-state index in [9.17, 15) is 0 Å². The summed E-state index contributed by atoms with van der Waals surface area (Å²) < 4.78 is 3.87. The molecule has 0 spiro atoms. The van der Waals surface area contributed by atoms with Gasteiger partial charge in [-0.25, -0.2) is 0 Å². The Hall–Kier alpha value is -2.67. The van der Waals surface area contributed by atoms with E-state index in [0.717, 1.165) is 35.0 Å². The van der Waals surface area contributed by atoms with Crippen LogP contribution in [0.2, 0.25) is 0 Å². The van der Waals surface area contributed by atoms with E-state index in [2.05, 4.69) is 58.9 Å². The standard InChI is InChI=1S/C20H26N6S/c1-13-6-8-17(9-7-13)12-26-16(4)19(15(3)24-26)22-20(27)21-11-18-10-14(2)23-25(18)5/h6-10H,11-12H2,1-5H3,(H2,21,22,27). The fraction of sp³-hybridized carbons (Fsp3) is 0.350. The number of benzene rings is 1. The molecule has 0 atom stereocenters. The number of nitrogens with zero attached hydrogens (tertiary/aromatic N) is 4. The van der Waals surface area contributed by atoms with Crippen LogP contribution in [0, 0.1) is 27.7 Å². The third kappa shape index (κ3) is 4.54. The molecule has 0 bridgehead atoms. The smallest absolute Gasteiger partial charge is 0.171 e. The normalized spacial score (nSPS) is 10.9. The van der Waals surface area contributed by atoms with Crippen molar-refractivity contribution in [2.75, 3.05) is 5.32 Å². The number of aryl methyl sites for hydroxylation is 4. The van der Waals surface area contributed by atoms with Crippen molar-refractivity contribution in [2.24, 2.45) is 7.05 Å². The summed E-state index contributed by atoms with van der Waals surface area (Å²) in [6.45, 7) is 9.49. The largest absolute Gasteiger partial charge is 0.357 e. The number of thiocarbonyl (C=S) groups is 1. The highest BCUT2D eigenvalue weighted by molar-refractivity contribution is 7.80. The number of aromatic nitrogens is 4. The molecule has 3 aromatic rings. The van der Waals surface area contributed by atoms with Gasteiger partial charge >= 0.3 is 0 Å². The van der Waals surface area contributed by atoms with E-state index < -0.39 is 0 Å². The summed E-state index contributed by atoms with van der Waals surface area (Å²) in [4.78, 5) is 0. The summed E-state index contributed by atoms with van der Waals surface area (Å²) in [7, 11) is 1.93.